The molecule has 0 heterocycles. The predicted octanol–water partition coefficient (Wildman–Crippen LogP) is 8.84. The lowest BCUT2D eigenvalue weighted by molar-refractivity contribution is -0.210. The van der Waals surface area contributed by atoms with Crippen LogP contribution in [0.15, 0.2) is 11.6 Å². The van der Waals surface area contributed by atoms with E-state index in [0.717, 1.165) is 57.8 Å². The molecule has 1 aliphatic carbocycles. The summed E-state index contributed by atoms with van der Waals surface area (Å²) in [7, 11) is -17.1. The molecule has 8 N–H and O–H groups in total. The zero-order valence-corrected chi connectivity index (χ0v) is 40.7. The van der Waals surface area contributed by atoms with Crippen molar-refractivity contribution in [3.63, 3.8) is 0 Å². The number of carbonyl (C=O) groups is 2. The van der Waals surface area contributed by atoms with E-state index in [-0.39, 0.29) is 12.8 Å². The Bertz CT molecular complexity index is 1440. The van der Waals surface area contributed by atoms with Crippen LogP contribution in [0.1, 0.15) is 194 Å². The molecule has 0 aliphatic heterocycles. The van der Waals surface area contributed by atoms with Gasteiger partial charge < -0.3 is 49.3 Å². The highest BCUT2D eigenvalue weighted by molar-refractivity contribution is 7.57. The van der Waals surface area contributed by atoms with Gasteiger partial charge in [0.05, 0.1) is 0 Å². The number of unbranched alkanes of at least 4 members (excludes halogenated alkanes) is 24. The number of aliphatic hydroxyl groups is 3. The molecule has 0 aromatic rings. The molecule has 1 aliphatic rings. The van der Waals surface area contributed by atoms with Crippen molar-refractivity contribution in [1.29, 1.82) is 0 Å². The zero-order chi connectivity index (χ0) is 48.0. The Hall–Kier alpha value is -1.14. The second-order valence-corrected chi connectivity index (χ2v) is 20.9. The van der Waals surface area contributed by atoms with Gasteiger partial charge in [-0.15, -0.1) is 0 Å². The highest BCUT2D eigenvalue weighted by atomic mass is 31.2. The molecule has 1 fully saturated rings. The number of phosphoric acid groups is 2. The Balaban J connectivity index is 2.88. The van der Waals surface area contributed by atoms with Crippen molar-refractivity contribution in [2.24, 2.45) is 0 Å². The van der Waals surface area contributed by atoms with Crippen molar-refractivity contribution < 1.29 is 90.5 Å². The van der Waals surface area contributed by atoms with Gasteiger partial charge in [0.1, 0.15) is 43.2 Å². The highest BCUT2D eigenvalue weighted by Gasteiger charge is 2.56. The van der Waals surface area contributed by atoms with Crippen LogP contribution in [0.4, 0.5) is 4.39 Å². The van der Waals surface area contributed by atoms with Crippen molar-refractivity contribution in [1.82, 2.24) is 0 Å². The average molecular weight is 985 g/mol. The van der Waals surface area contributed by atoms with Crippen LogP contribution in [-0.2, 0) is 46.3 Å². The molecule has 0 spiro atoms. The first-order valence-electron chi connectivity index (χ1n) is 23.5. The van der Waals surface area contributed by atoms with Crippen molar-refractivity contribution >= 4 is 35.2 Å². The highest BCUT2D eigenvalue weighted by Crippen LogP contribution is 2.55. The summed E-state index contributed by atoms with van der Waals surface area (Å²) >= 11 is 0. The monoisotopic (exact) mass is 984 g/mol. The molecule has 0 bridgehead atoms. The van der Waals surface area contributed by atoms with Crippen LogP contribution >= 0.6 is 23.2 Å². The van der Waals surface area contributed by atoms with Crippen LogP contribution in [0.3, 0.4) is 0 Å². The third-order valence-corrected chi connectivity index (χ3v) is 13.3. The maximum atomic E-state index is 15.6. The van der Waals surface area contributed by atoms with Crippen molar-refractivity contribution in [3.8, 4) is 0 Å². The second-order valence-electron chi connectivity index (χ2n) is 16.9. The summed E-state index contributed by atoms with van der Waals surface area (Å²) in [6.45, 7) is 3.63. The van der Waals surface area contributed by atoms with Gasteiger partial charge in [-0.2, -0.15) is 4.39 Å². The summed E-state index contributed by atoms with van der Waals surface area (Å²) in [4.78, 5) is 73.1. The van der Waals surface area contributed by atoms with Crippen LogP contribution in [-0.4, -0.2) is 101 Å². The first-order valence-corrected chi connectivity index (χ1v) is 28.1. The fourth-order valence-corrected chi connectivity index (χ4v) is 9.64. The van der Waals surface area contributed by atoms with Crippen LogP contribution in [0.5, 0.6) is 0 Å². The number of halogens is 1. The van der Waals surface area contributed by atoms with E-state index in [1.54, 1.807) is 0 Å². The second kappa shape index (κ2) is 34.2. The van der Waals surface area contributed by atoms with Crippen LogP contribution in [0.2, 0.25) is 0 Å². The topological polar surface area (TPSA) is 293 Å². The van der Waals surface area contributed by atoms with E-state index in [1.807, 2.05) is 0 Å². The summed E-state index contributed by atoms with van der Waals surface area (Å²) in [5, 5.41) is 31.8. The van der Waals surface area contributed by atoms with Crippen molar-refractivity contribution in [2.45, 2.75) is 236 Å². The normalized spacial score (nSPS) is 22.3. The first kappa shape index (κ1) is 60.9. The lowest BCUT2D eigenvalue weighted by atomic mass is 9.85. The molecular weight excluding hydrogens is 904 g/mol. The van der Waals surface area contributed by atoms with Gasteiger partial charge in [-0.25, -0.2) is 9.13 Å². The Morgan fingerprint density at radius 2 is 0.828 bits per heavy atom. The van der Waals surface area contributed by atoms with E-state index < -0.39 is 90.1 Å². The molecule has 0 saturated heterocycles. The number of carbonyl (C=O) groups excluding carboxylic acids is 2. The number of ether oxygens (including phenoxy) is 2. The van der Waals surface area contributed by atoms with Crippen molar-refractivity contribution in [2.75, 3.05) is 6.61 Å². The molecule has 0 aromatic heterocycles. The van der Waals surface area contributed by atoms with Gasteiger partial charge in [-0.05, 0) is 12.8 Å². The molecule has 1 unspecified atom stereocenters. The van der Waals surface area contributed by atoms with E-state index in [2.05, 4.69) is 22.9 Å². The SMILES string of the molecule is CCCCCCCCCCCCCCCC(=O)OC[C@H](/C=C(/F)P(=O)(O)O[C@@H]1[C@H](O)[C@H](O)[C@@H](OP(=O)(O)O)[C@H](OP(=O)(O)O)[C@H]1O)OC(=O)CCCCCCCCCCCCCCC. The third kappa shape index (κ3) is 28.9. The maximum Gasteiger partial charge on any atom is 0.470 e. The summed E-state index contributed by atoms with van der Waals surface area (Å²) in [6.07, 6.45) is 11.1. The summed E-state index contributed by atoms with van der Waals surface area (Å²) in [6, 6.07) is 0. The van der Waals surface area contributed by atoms with Crippen molar-refractivity contribution in [3.05, 3.63) is 11.6 Å². The summed E-state index contributed by atoms with van der Waals surface area (Å²) in [5.74, 6) is -1.52. The Labute approximate surface area is 379 Å². The first-order chi connectivity index (χ1) is 30.2. The predicted molar refractivity (Wildman–Crippen MR) is 237 cm³/mol. The van der Waals surface area contributed by atoms with Crippen LogP contribution in [0, 0.1) is 0 Å². The minimum absolute atomic E-state index is 0.00947. The van der Waals surface area contributed by atoms with E-state index in [4.69, 9.17) is 14.0 Å². The van der Waals surface area contributed by atoms with Gasteiger partial charge in [-0.1, -0.05) is 168 Å². The minimum Gasteiger partial charge on any atom is -0.461 e. The van der Waals surface area contributed by atoms with Crippen LogP contribution < -0.4 is 0 Å². The zero-order valence-electron chi connectivity index (χ0n) is 38.0. The quantitative estimate of drug-likeness (QED) is 0.0162. The lowest BCUT2D eigenvalue weighted by Gasteiger charge is -2.44. The molecule has 1 rings (SSSR count). The van der Waals surface area contributed by atoms with Gasteiger partial charge in [0.2, 0.25) is 5.57 Å². The molecule has 0 radical (unpaired) electrons. The van der Waals surface area contributed by atoms with Gasteiger partial charge >= 0.3 is 35.2 Å². The standard InChI is InChI=1S/C42H80FO18P3/c1-3-5-7-9-11-13-15-17-19-21-23-25-27-29-35(44)57-32-33(58-36(45)30-28-26-24-22-20-18-16-14-12-10-8-6-4-2)31-34(43)62(49,50)59-40-37(46)38(47)41(60-63(51,52)53)42(39(40)48)61-64(54,55)56/h31,33,37-42,46-48H,3-30,32H2,1-2H3,(H,49,50)(H2,51,52,53)(H2,54,55,56)/b34-31-/t33-,37+,38-,39-,40+,41+,42+/m0/s1. The Morgan fingerprint density at radius 1 is 0.500 bits per heavy atom. The van der Waals surface area contributed by atoms with Gasteiger partial charge in [-0.3, -0.25) is 27.7 Å². The number of rotatable bonds is 39. The molecule has 1 saturated carbocycles. The van der Waals surface area contributed by atoms with Gasteiger partial charge in [0.25, 0.3) is 0 Å². The number of phosphoric ester groups is 2. The van der Waals surface area contributed by atoms with Gasteiger partial charge in [0, 0.05) is 18.9 Å². The fraction of sp³-hybridized carbons (Fsp3) is 0.905. The molecule has 0 amide bonds. The van der Waals surface area contributed by atoms with E-state index in [1.165, 1.54) is 89.9 Å². The van der Waals surface area contributed by atoms with Crippen LogP contribution in [0.25, 0.3) is 0 Å². The van der Waals surface area contributed by atoms with E-state index in [0.29, 0.717) is 25.3 Å². The summed E-state index contributed by atoms with van der Waals surface area (Å²) in [5.41, 5.74) is -2.03. The molecule has 378 valence electrons. The third-order valence-electron chi connectivity index (χ3n) is 11.1. The number of esters is 2. The Morgan fingerprint density at radius 3 is 1.20 bits per heavy atom. The molecular formula is C42H80FO18P3. The fourth-order valence-electron chi connectivity index (χ4n) is 7.48. The number of aliphatic hydroxyl groups excluding tert-OH is 3. The van der Waals surface area contributed by atoms with E-state index in [9.17, 15) is 63.1 Å². The molecule has 64 heavy (non-hydrogen) atoms. The molecule has 22 heteroatoms. The smallest absolute Gasteiger partial charge is 0.461 e. The largest absolute Gasteiger partial charge is 0.470 e. The Kier molecular flexibility index (Phi) is 32.5. The molecule has 18 nitrogen and oxygen atoms in total. The summed E-state index contributed by atoms with van der Waals surface area (Å²) < 4.78 is 75.8. The minimum atomic E-state index is -5.84. The number of hydrogen-bond acceptors (Lipinski definition) is 13. The lowest BCUT2D eigenvalue weighted by Crippen LogP contribution is -2.65. The molecule has 8 atom stereocenters. The molecule has 0 aromatic carbocycles. The maximum absolute atomic E-state index is 15.6. The van der Waals surface area contributed by atoms with Gasteiger partial charge in [0.15, 0.2) is 6.10 Å². The average Bonchev–Trinajstić information content (AvgIpc) is 3.21. The number of hydrogen-bond donors (Lipinski definition) is 8. The van der Waals surface area contributed by atoms with E-state index >= 15 is 4.39 Å².